The molecule has 15 heavy (non-hydrogen) atoms. The van der Waals surface area contributed by atoms with Gasteiger partial charge in [0.1, 0.15) is 0 Å². The van der Waals surface area contributed by atoms with E-state index in [9.17, 15) is 4.79 Å². The van der Waals surface area contributed by atoms with Gasteiger partial charge in [-0.1, -0.05) is 20.8 Å². The van der Waals surface area contributed by atoms with Crippen LogP contribution in [0.1, 0.15) is 33.6 Å². The van der Waals surface area contributed by atoms with Crippen LogP contribution in [0, 0.1) is 5.41 Å². The zero-order valence-electron chi connectivity index (χ0n) is 9.93. The molecule has 0 saturated carbocycles. The Hall–Kier alpha value is -0.610. The molecule has 1 heterocycles. The Morgan fingerprint density at radius 2 is 1.93 bits per heavy atom. The first kappa shape index (κ1) is 12.5. The number of hydrogen-bond donors (Lipinski definition) is 2. The highest BCUT2D eigenvalue weighted by Crippen LogP contribution is 2.22. The van der Waals surface area contributed by atoms with E-state index < -0.39 is 0 Å². The van der Waals surface area contributed by atoms with Crippen molar-refractivity contribution < 1.29 is 9.53 Å². The molecule has 0 aromatic rings. The molecule has 0 aliphatic carbocycles. The predicted octanol–water partition coefficient (Wildman–Crippen LogP) is 0.657. The van der Waals surface area contributed by atoms with Crippen LogP contribution >= 0.6 is 0 Å². The van der Waals surface area contributed by atoms with E-state index in [2.05, 4.69) is 5.32 Å². The Balaban J connectivity index is 2.63. The molecular formula is C11H22N2O2. The van der Waals surface area contributed by atoms with Crippen LogP contribution in [0.2, 0.25) is 0 Å². The standard InChI is InChI=1S/C11H22N2O2/c1-10(2,3)9(14)13-11(8-12)4-6-15-7-5-11/h4-8,12H2,1-3H3,(H,13,14). The summed E-state index contributed by atoms with van der Waals surface area (Å²) in [5, 5.41) is 3.08. The maximum absolute atomic E-state index is 11.9. The molecule has 0 spiro atoms. The van der Waals surface area contributed by atoms with Gasteiger partial charge in [-0.2, -0.15) is 0 Å². The van der Waals surface area contributed by atoms with Crippen molar-refractivity contribution >= 4 is 5.91 Å². The van der Waals surface area contributed by atoms with E-state index in [0.717, 1.165) is 12.8 Å². The molecule has 1 amide bonds. The van der Waals surface area contributed by atoms with Crippen molar-refractivity contribution in [3.05, 3.63) is 0 Å². The largest absolute Gasteiger partial charge is 0.381 e. The number of nitrogens with one attached hydrogen (secondary N) is 1. The van der Waals surface area contributed by atoms with Crippen LogP contribution in [0.25, 0.3) is 0 Å². The lowest BCUT2D eigenvalue weighted by Gasteiger charge is -2.38. The lowest BCUT2D eigenvalue weighted by molar-refractivity contribution is -0.131. The molecule has 3 N–H and O–H groups in total. The molecule has 1 fully saturated rings. The third-order valence-corrected chi connectivity index (χ3v) is 2.90. The molecule has 1 aliphatic rings. The van der Waals surface area contributed by atoms with Gasteiger partial charge in [0.05, 0.1) is 5.54 Å². The van der Waals surface area contributed by atoms with Crippen molar-refractivity contribution in [3.63, 3.8) is 0 Å². The van der Waals surface area contributed by atoms with E-state index in [4.69, 9.17) is 10.5 Å². The zero-order valence-corrected chi connectivity index (χ0v) is 9.93. The first-order valence-electron chi connectivity index (χ1n) is 5.50. The van der Waals surface area contributed by atoms with E-state index >= 15 is 0 Å². The number of hydrogen-bond acceptors (Lipinski definition) is 3. The molecule has 1 rings (SSSR count). The summed E-state index contributed by atoms with van der Waals surface area (Å²) in [5.41, 5.74) is 5.15. The van der Waals surface area contributed by atoms with E-state index in [0.29, 0.717) is 19.8 Å². The third kappa shape index (κ3) is 3.18. The van der Waals surface area contributed by atoms with Crippen molar-refractivity contribution in [1.29, 1.82) is 0 Å². The number of rotatable bonds is 2. The van der Waals surface area contributed by atoms with Gasteiger partial charge in [-0.15, -0.1) is 0 Å². The molecule has 88 valence electrons. The fourth-order valence-corrected chi connectivity index (χ4v) is 1.57. The maximum atomic E-state index is 11.9. The number of carbonyl (C=O) groups excluding carboxylic acids is 1. The van der Waals surface area contributed by atoms with Gasteiger partial charge in [-0.3, -0.25) is 4.79 Å². The van der Waals surface area contributed by atoms with Crippen molar-refractivity contribution in [1.82, 2.24) is 5.32 Å². The molecule has 1 saturated heterocycles. The molecular weight excluding hydrogens is 192 g/mol. The van der Waals surface area contributed by atoms with Crippen molar-refractivity contribution in [3.8, 4) is 0 Å². The first-order valence-corrected chi connectivity index (χ1v) is 5.50. The summed E-state index contributed by atoms with van der Waals surface area (Å²) in [7, 11) is 0. The minimum absolute atomic E-state index is 0.0647. The smallest absolute Gasteiger partial charge is 0.225 e. The molecule has 0 aromatic carbocycles. The van der Waals surface area contributed by atoms with Crippen LogP contribution in [-0.2, 0) is 9.53 Å². The summed E-state index contributed by atoms with van der Waals surface area (Å²) in [6, 6.07) is 0. The number of carbonyl (C=O) groups is 1. The third-order valence-electron chi connectivity index (χ3n) is 2.90. The highest BCUT2D eigenvalue weighted by atomic mass is 16.5. The first-order chi connectivity index (χ1) is 6.90. The fraction of sp³-hybridized carbons (Fsp3) is 0.909. The average molecular weight is 214 g/mol. The van der Waals surface area contributed by atoms with Gasteiger partial charge in [0.2, 0.25) is 5.91 Å². The summed E-state index contributed by atoms with van der Waals surface area (Å²) in [4.78, 5) is 11.9. The number of amides is 1. The van der Waals surface area contributed by atoms with Crippen LogP contribution in [0.3, 0.4) is 0 Å². The van der Waals surface area contributed by atoms with E-state index in [1.54, 1.807) is 0 Å². The van der Waals surface area contributed by atoms with Crippen molar-refractivity contribution in [2.75, 3.05) is 19.8 Å². The van der Waals surface area contributed by atoms with Gasteiger partial charge >= 0.3 is 0 Å². The topological polar surface area (TPSA) is 64.4 Å². The maximum Gasteiger partial charge on any atom is 0.225 e. The highest BCUT2D eigenvalue weighted by molar-refractivity contribution is 5.82. The molecule has 0 bridgehead atoms. The molecule has 1 aliphatic heterocycles. The van der Waals surface area contributed by atoms with Gasteiger partial charge < -0.3 is 15.8 Å². The second-order valence-corrected chi connectivity index (χ2v) is 5.30. The summed E-state index contributed by atoms with van der Waals surface area (Å²) in [5.74, 6) is 0.0647. The lowest BCUT2D eigenvalue weighted by Crippen LogP contribution is -2.58. The minimum Gasteiger partial charge on any atom is -0.381 e. The van der Waals surface area contributed by atoms with Gasteiger partial charge in [0.15, 0.2) is 0 Å². The van der Waals surface area contributed by atoms with E-state index in [1.165, 1.54) is 0 Å². The summed E-state index contributed by atoms with van der Waals surface area (Å²) >= 11 is 0. The fourth-order valence-electron chi connectivity index (χ4n) is 1.57. The Kier molecular flexibility index (Phi) is 3.73. The minimum atomic E-state index is -0.361. The van der Waals surface area contributed by atoms with Crippen molar-refractivity contribution in [2.24, 2.45) is 11.1 Å². The normalized spacial score (nSPS) is 21.1. The van der Waals surface area contributed by atoms with Crippen LogP contribution < -0.4 is 11.1 Å². The SMILES string of the molecule is CC(C)(C)C(=O)NC1(CN)CCOCC1. The molecule has 0 radical (unpaired) electrons. The average Bonchev–Trinajstić information content (AvgIpc) is 2.18. The lowest BCUT2D eigenvalue weighted by atomic mass is 9.87. The summed E-state index contributed by atoms with van der Waals surface area (Å²) in [6.45, 7) is 7.57. The van der Waals surface area contributed by atoms with Crippen LogP contribution in [0.15, 0.2) is 0 Å². The highest BCUT2D eigenvalue weighted by Gasteiger charge is 2.35. The van der Waals surface area contributed by atoms with Gasteiger partial charge in [0.25, 0.3) is 0 Å². The van der Waals surface area contributed by atoms with E-state index in [1.807, 2.05) is 20.8 Å². The molecule has 0 atom stereocenters. The van der Waals surface area contributed by atoms with Gasteiger partial charge in [0, 0.05) is 25.2 Å². The zero-order chi connectivity index (χ0) is 11.5. The Bertz CT molecular complexity index is 227. The Labute approximate surface area is 91.5 Å². The van der Waals surface area contributed by atoms with Crippen LogP contribution in [0.4, 0.5) is 0 Å². The van der Waals surface area contributed by atoms with E-state index in [-0.39, 0.29) is 16.9 Å². The molecule has 4 nitrogen and oxygen atoms in total. The monoisotopic (exact) mass is 214 g/mol. The van der Waals surface area contributed by atoms with Gasteiger partial charge in [-0.25, -0.2) is 0 Å². The Morgan fingerprint density at radius 1 is 1.40 bits per heavy atom. The second-order valence-electron chi connectivity index (χ2n) is 5.30. The Morgan fingerprint density at radius 3 is 2.33 bits per heavy atom. The van der Waals surface area contributed by atoms with Crippen LogP contribution in [0.5, 0.6) is 0 Å². The molecule has 0 unspecified atom stereocenters. The molecule has 4 heteroatoms. The second kappa shape index (κ2) is 4.49. The summed E-state index contributed by atoms with van der Waals surface area (Å²) in [6.07, 6.45) is 1.62. The van der Waals surface area contributed by atoms with Crippen molar-refractivity contribution in [2.45, 2.75) is 39.2 Å². The number of ether oxygens (including phenoxy) is 1. The number of nitrogens with two attached hydrogens (primary N) is 1. The summed E-state index contributed by atoms with van der Waals surface area (Å²) < 4.78 is 5.29. The van der Waals surface area contributed by atoms with Crippen LogP contribution in [-0.4, -0.2) is 31.2 Å². The molecule has 0 aromatic heterocycles. The predicted molar refractivity (Wildman–Crippen MR) is 59.4 cm³/mol. The quantitative estimate of drug-likeness (QED) is 0.709. The van der Waals surface area contributed by atoms with Gasteiger partial charge in [-0.05, 0) is 12.8 Å².